The Morgan fingerprint density at radius 2 is 2.12 bits per heavy atom. The molecule has 0 unspecified atom stereocenters. The standard InChI is InChI=1S/C13H19NO2/c1-9-5-6-10(2)12(7-9)11(3)14-13(15)8-16-4/h5-7,11H,8H2,1-4H3,(H,14,15)/t11-/m0/s1. The number of benzene rings is 1. The fourth-order valence-electron chi connectivity index (χ4n) is 1.72. The van der Waals surface area contributed by atoms with Crippen molar-refractivity contribution in [3.8, 4) is 0 Å². The third-order valence-electron chi connectivity index (χ3n) is 2.55. The largest absolute Gasteiger partial charge is 0.375 e. The first-order chi connectivity index (χ1) is 7.54. The number of amides is 1. The highest BCUT2D eigenvalue weighted by Gasteiger charge is 2.11. The van der Waals surface area contributed by atoms with Gasteiger partial charge in [0.2, 0.25) is 5.91 Å². The van der Waals surface area contributed by atoms with Crippen molar-refractivity contribution in [3.05, 3.63) is 34.9 Å². The van der Waals surface area contributed by atoms with Crippen LogP contribution in [-0.4, -0.2) is 19.6 Å². The van der Waals surface area contributed by atoms with Gasteiger partial charge in [0.15, 0.2) is 0 Å². The van der Waals surface area contributed by atoms with Crippen LogP contribution >= 0.6 is 0 Å². The van der Waals surface area contributed by atoms with Crippen molar-refractivity contribution in [2.75, 3.05) is 13.7 Å². The van der Waals surface area contributed by atoms with Crippen molar-refractivity contribution in [2.24, 2.45) is 0 Å². The summed E-state index contributed by atoms with van der Waals surface area (Å²) in [5.41, 5.74) is 3.55. The first-order valence-corrected chi connectivity index (χ1v) is 5.40. The fraction of sp³-hybridized carbons (Fsp3) is 0.462. The van der Waals surface area contributed by atoms with Crippen LogP contribution in [0.15, 0.2) is 18.2 Å². The van der Waals surface area contributed by atoms with E-state index in [0.717, 1.165) is 5.56 Å². The lowest BCUT2D eigenvalue weighted by molar-refractivity contribution is -0.125. The Morgan fingerprint density at radius 1 is 1.44 bits per heavy atom. The maximum absolute atomic E-state index is 11.4. The molecule has 0 saturated carbocycles. The molecule has 0 spiro atoms. The number of ether oxygens (including phenoxy) is 1. The van der Waals surface area contributed by atoms with Gasteiger partial charge in [0.25, 0.3) is 0 Å². The molecule has 0 saturated heterocycles. The number of hydrogen-bond donors (Lipinski definition) is 1. The molecular weight excluding hydrogens is 202 g/mol. The van der Waals surface area contributed by atoms with Crippen molar-refractivity contribution in [1.29, 1.82) is 0 Å². The average molecular weight is 221 g/mol. The molecule has 0 aliphatic heterocycles. The maximum Gasteiger partial charge on any atom is 0.246 e. The highest BCUT2D eigenvalue weighted by Crippen LogP contribution is 2.18. The van der Waals surface area contributed by atoms with Gasteiger partial charge in [-0.2, -0.15) is 0 Å². The molecule has 1 aromatic rings. The summed E-state index contributed by atoms with van der Waals surface area (Å²) in [5, 5.41) is 2.90. The number of carbonyl (C=O) groups is 1. The molecule has 88 valence electrons. The summed E-state index contributed by atoms with van der Waals surface area (Å²) in [6.45, 7) is 6.19. The smallest absolute Gasteiger partial charge is 0.246 e. The summed E-state index contributed by atoms with van der Waals surface area (Å²) < 4.78 is 4.78. The molecule has 0 bridgehead atoms. The molecule has 1 amide bonds. The van der Waals surface area contributed by atoms with Crippen molar-refractivity contribution in [3.63, 3.8) is 0 Å². The van der Waals surface area contributed by atoms with Crippen molar-refractivity contribution in [1.82, 2.24) is 5.32 Å². The molecule has 1 N–H and O–H groups in total. The molecule has 0 radical (unpaired) electrons. The van der Waals surface area contributed by atoms with E-state index in [1.807, 2.05) is 20.8 Å². The second kappa shape index (κ2) is 5.66. The summed E-state index contributed by atoms with van der Waals surface area (Å²) >= 11 is 0. The second-order valence-corrected chi connectivity index (χ2v) is 4.08. The Kier molecular flexibility index (Phi) is 4.50. The highest BCUT2D eigenvalue weighted by atomic mass is 16.5. The van der Waals surface area contributed by atoms with Crippen molar-refractivity contribution >= 4 is 5.91 Å². The molecule has 1 aromatic carbocycles. The van der Waals surface area contributed by atoms with Gasteiger partial charge in [0.05, 0.1) is 6.04 Å². The third kappa shape index (κ3) is 3.35. The first-order valence-electron chi connectivity index (χ1n) is 5.40. The fourth-order valence-corrected chi connectivity index (χ4v) is 1.72. The number of rotatable bonds is 4. The number of nitrogens with one attached hydrogen (secondary N) is 1. The van der Waals surface area contributed by atoms with Crippen molar-refractivity contribution in [2.45, 2.75) is 26.8 Å². The SMILES string of the molecule is COCC(=O)N[C@@H](C)c1cc(C)ccc1C. The molecular formula is C13H19NO2. The predicted octanol–water partition coefficient (Wildman–Crippen LogP) is 2.13. The molecule has 16 heavy (non-hydrogen) atoms. The molecule has 0 aromatic heterocycles. The van der Waals surface area contributed by atoms with Crippen LogP contribution in [0.1, 0.15) is 29.7 Å². The number of carbonyl (C=O) groups excluding carboxylic acids is 1. The molecule has 3 nitrogen and oxygen atoms in total. The predicted molar refractivity (Wildman–Crippen MR) is 64.3 cm³/mol. The number of methoxy groups -OCH3 is 1. The van der Waals surface area contributed by atoms with Gasteiger partial charge in [-0.05, 0) is 31.9 Å². The zero-order valence-corrected chi connectivity index (χ0v) is 10.3. The Bertz CT molecular complexity index is 374. The summed E-state index contributed by atoms with van der Waals surface area (Å²) in [6.07, 6.45) is 0. The lowest BCUT2D eigenvalue weighted by Crippen LogP contribution is -2.30. The van der Waals surface area contributed by atoms with Gasteiger partial charge in [-0.25, -0.2) is 0 Å². The number of hydrogen-bond acceptors (Lipinski definition) is 2. The van der Waals surface area contributed by atoms with Gasteiger partial charge in [-0.3, -0.25) is 4.79 Å². The highest BCUT2D eigenvalue weighted by molar-refractivity contribution is 5.77. The van der Waals surface area contributed by atoms with E-state index in [-0.39, 0.29) is 18.6 Å². The van der Waals surface area contributed by atoms with Crippen LogP contribution in [0.3, 0.4) is 0 Å². The van der Waals surface area contributed by atoms with Crippen LogP contribution in [0.25, 0.3) is 0 Å². The molecule has 1 rings (SSSR count). The molecule has 0 fully saturated rings. The Labute approximate surface area is 96.8 Å². The maximum atomic E-state index is 11.4. The van der Waals surface area contributed by atoms with E-state index >= 15 is 0 Å². The summed E-state index contributed by atoms with van der Waals surface area (Å²) in [6, 6.07) is 6.27. The Morgan fingerprint density at radius 3 is 2.75 bits per heavy atom. The van der Waals surface area contributed by atoms with E-state index in [1.165, 1.54) is 18.2 Å². The Balaban J connectivity index is 2.76. The topological polar surface area (TPSA) is 38.3 Å². The monoisotopic (exact) mass is 221 g/mol. The molecule has 1 atom stereocenters. The van der Waals surface area contributed by atoms with Crippen LogP contribution in [0.2, 0.25) is 0 Å². The third-order valence-corrected chi connectivity index (χ3v) is 2.55. The Hall–Kier alpha value is -1.35. The van der Waals surface area contributed by atoms with E-state index in [4.69, 9.17) is 4.74 Å². The van der Waals surface area contributed by atoms with Crippen LogP contribution < -0.4 is 5.32 Å². The summed E-state index contributed by atoms with van der Waals surface area (Å²) in [5.74, 6) is -0.0871. The van der Waals surface area contributed by atoms with Crippen LogP contribution in [0, 0.1) is 13.8 Å². The first kappa shape index (κ1) is 12.7. The minimum Gasteiger partial charge on any atom is -0.375 e. The second-order valence-electron chi connectivity index (χ2n) is 4.08. The molecule has 0 aliphatic carbocycles. The van der Waals surface area contributed by atoms with E-state index in [9.17, 15) is 4.79 Å². The van der Waals surface area contributed by atoms with E-state index in [2.05, 4.69) is 23.5 Å². The zero-order chi connectivity index (χ0) is 12.1. The van der Waals surface area contributed by atoms with Gasteiger partial charge in [-0.15, -0.1) is 0 Å². The van der Waals surface area contributed by atoms with Gasteiger partial charge < -0.3 is 10.1 Å². The molecule has 0 aliphatic rings. The lowest BCUT2D eigenvalue weighted by Gasteiger charge is -2.17. The van der Waals surface area contributed by atoms with Gasteiger partial charge in [0, 0.05) is 7.11 Å². The van der Waals surface area contributed by atoms with E-state index in [0.29, 0.717) is 0 Å². The van der Waals surface area contributed by atoms with Crippen LogP contribution in [-0.2, 0) is 9.53 Å². The summed E-state index contributed by atoms with van der Waals surface area (Å²) in [7, 11) is 1.52. The minimum atomic E-state index is -0.0871. The summed E-state index contributed by atoms with van der Waals surface area (Å²) in [4.78, 5) is 11.4. The number of aryl methyl sites for hydroxylation is 2. The van der Waals surface area contributed by atoms with Crippen LogP contribution in [0.5, 0.6) is 0 Å². The molecule has 0 heterocycles. The van der Waals surface area contributed by atoms with Gasteiger partial charge >= 0.3 is 0 Å². The average Bonchev–Trinajstić information content (AvgIpc) is 2.21. The normalized spacial score (nSPS) is 12.2. The lowest BCUT2D eigenvalue weighted by atomic mass is 10.00. The minimum absolute atomic E-state index is 0.0162. The van der Waals surface area contributed by atoms with E-state index in [1.54, 1.807) is 0 Å². The van der Waals surface area contributed by atoms with E-state index < -0.39 is 0 Å². The van der Waals surface area contributed by atoms with Crippen LogP contribution in [0.4, 0.5) is 0 Å². The van der Waals surface area contributed by atoms with Gasteiger partial charge in [0.1, 0.15) is 6.61 Å². The molecule has 3 heteroatoms. The van der Waals surface area contributed by atoms with Gasteiger partial charge in [-0.1, -0.05) is 23.8 Å². The van der Waals surface area contributed by atoms with Crippen molar-refractivity contribution < 1.29 is 9.53 Å². The quantitative estimate of drug-likeness (QED) is 0.845. The zero-order valence-electron chi connectivity index (χ0n) is 10.3.